The van der Waals surface area contributed by atoms with Gasteiger partial charge in [0.15, 0.2) is 0 Å². The summed E-state index contributed by atoms with van der Waals surface area (Å²) in [5.41, 5.74) is 3.53. The molecule has 0 aliphatic carbocycles. The minimum atomic E-state index is -0.621. The van der Waals surface area contributed by atoms with Crippen LogP contribution in [-0.2, 0) is 16.1 Å². The first-order chi connectivity index (χ1) is 12.0. The van der Waals surface area contributed by atoms with E-state index in [1.165, 1.54) is 5.01 Å². The Balaban J connectivity index is 1.77. The van der Waals surface area contributed by atoms with Gasteiger partial charge in [-0.1, -0.05) is 18.2 Å². The molecule has 1 aliphatic heterocycles. The monoisotopic (exact) mass is 420 g/mol. The number of carbonyl (C=O) groups is 2. The molecule has 0 bridgehead atoms. The summed E-state index contributed by atoms with van der Waals surface area (Å²) < 4.78 is 1.02. The van der Waals surface area contributed by atoms with Gasteiger partial charge in [0.2, 0.25) is 5.84 Å². The van der Waals surface area contributed by atoms with Gasteiger partial charge in [-0.05, 0) is 47.1 Å². The minimum absolute atomic E-state index is 0.161. The highest BCUT2D eigenvalue weighted by Gasteiger charge is 2.31. The van der Waals surface area contributed by atoms with Gasteiger partial charge in [-0.15, -0.1) is 11.3 Å². The fourth-order valence-electron chi connectivity index (χ4n) is 2.42. The highest BCUT2D eigenvalue weighted by molar-refractivity contribution is 9.11. The molecule has 1 unspecified atom stereocenters. The Morgan fingerprint density at radius 3 is 2.68 bits per heavy atom. The van der Waals surface area contributed by atoms with Crippen LogP contribution in [0.1, 0.15) is 11.8 Å². The maximum atomic E-state index is 12.7. The van der Waals surface area contributed by atoms with Crippen LogP contribution >= 0.6 is 27.3 Å². The molecule has 2 heterocycles. The Morgan fingerprint density at radius 1 is 1.32 bits per heavy atom. The van der Waals surface area contributed by atoms with Gasteiger partial charge in [-0.2, -0.15) is 0 Å². The third kappa shape index (κ3) is 3.91. The van der Waals surface area contributed by atoms with Crippen LogP contribution in [-0.4, -0.2) is 35.6 Å². The second kappa shape index (κ2) is 7.37. The molecule has 0 spiro atoms. The van der Waals surface area contributed by atoms with Crippen molar-refractivity contribution in [3.8, 4) is 0 Å². The molecule has 2 aromatic rings. The number of carbonyl (C=O) groups excluding carboxylic acids is 2. The Labute approximate surface area is 158 Å². The fraction of sp³-hybridized carbons (Fsp3) is 0.235. The van der Waals surface area contributed by atoms with Gasteiger partial charge < -0.3 is 4.90 Å². The average Bonchev–Trinajstić information content (AvgIpc) is 3.02. The van der Waals surface area contributed by atoms with E-state index in [1.807, 2.05) is 30.3 Å². The summed E-state index contributed by atoms with van der Waals surface area (Å²) in [5.74, 6) is -0.300. The molecule has 1 atom stereocenters. The number of benzene rings is 1. The smallest absolute Gasteiger partial charge is 0.290 e. The molecule has 8 heteroatoms. The van der Waals surface area contributed by atoms with Crippen molar-refractivity contribution in [3.63, 3.8) is 0 Å². The molecule has 25 heavy (non-hydrogen) atoms. The van der Waals surface area contributed by atoms with Crippen molar-refractivity contribution in [1.82, 2.24) is 10.3 Å². The number of amides is 2. The topological polar surface area (TPSA) is 65.0 Å². The molecule has 0 radical (unpaired) electrons. The number of para-hydroxylation sites is 1. The van der Waals surface area contributed by atoms with Crippen molar-refractivity contribution in [2.24, 2.45) is 4.99 Å². The van der Waals surface area contributed by atoms with Crippen LogP contribution in [0.3, 0.4) is 0 Å². The lowest BCUT2D eigenvalue weighted by atomic mass is 10.2. The Kier molecular flexibility index (Phi) is 5.19. The first-order valence-electron chi connectivity index (χ1n) is 7.69. The number of thiophene rings is 1. The van der Waals surface area contributed by atoms with Crippen molar-refractivity contribution >= 4 is 50.6 Å². The highest BCUT2D eigenvalue weighted by Crippen LogP contribution is 2.23. The van der Waals surface area contributed by atoms with Gasteiger partial charge in [0.25, 0.3) is 11.8 Å². The summed E-state index contributed by atoms with van der Waals surface area (Å²) in [5, 5.41) is 1.38. The summed E-state index contributed by atoms with van der Waals surface area (Å²) in [4.78, 5) is 32.0. The van der Waals surface area contributed by atoms with Crippen molar-refractivity contribution in [1.29, 1.82) is 0 Å². The number of amidine groups is 1. The normalized spacial score (nSPS) is 17.1. The number of rotatable bonds is 4. The van der Waals surface area contributed by atoms with Gasteiger partial charge >= 0.3 is 0 Å². The molecule has 0 fully saturated rings. The zero-order valence-corrected chi connectivity index (χ0v) is 16.2. The van der Waals surface area contributed by atoms with Gasteiger partial charge in [0.1, 0.15) is 6.04 Å². The SMILES string of the molecule is CC1N=C(C(=O)N(C)Cc2ccc(Br)s2)NN(c2ccccc2)C1=O. The molecule has 1 aliphatic rings. The lowest BCUT2D eigenvalue weighted by molar-refractivity contribution is -0.124. The van der Waals surface area contributed by atoms with Crippen LogP contribution in [0.5, 0.6) is 0 Å². The lowest BCUT2D eigenvalue weighted by Crippen LogP contribution is -2.58. The van der Waals surface area contributed by atoms with Gasteiger partial charge in [-0.25, -0.2) is 10.0 Å². The summed E-state index contributed by atoms with van der Waals surface area (Å²) in [6.07, 6.45) is 0. The fourth-order valence-corrected chi connectivity index (χ4v) is 3.96. The summed E-state index contributed by atoms with van der Waals surface area (Å²) in [6.45, 7) is 2.16. The Hall–Kier alpha value is -2.19. The van der Waals surface area contributed by atoms with E-state index in [9.17, 15) is 9.59 Å². The second-order valence-corrected chi connectivity index (χ2v) is 8.19. The van der Waals surface area contributed by atoms with Crippen LogP contribution in [0, 0.1) is 0 Å². The van der Waals surface area contributed by atoms with Crippen molar-refractivity contribution in [3.05, 3.63) is 51.1 Å². The molecular formula is C17H17BrN4O2S. The van der Waals surface area contributed by atoms with Crippen LogP contribution in [0.2, 0.25) is 0 Å². The molecule has 1 N–H and O–H groups in total. The van der Waals surface area contributed by atoms with E-state index < -0.39 is 6.04 Å². The first-order valence-corrected chi connectivity index (χ1v) is 9.30. The molecule has 3 rings (SSSR count). The number of likely N-dealkylation sites (N-methyl/N-ethyl adjacent to an activating group) is 1. The Morgan fingerprint density at radius 2 is 2.04 bits per heavy atom. The van der Waals surface area contributed by atoms with E-state index >= 15 is 0 Å². The number of nitrogens with one attached hydrogen (secondary N) is 1. The summed E-state index contributed by atoms with van der Waals surface area (Å²) in [7, 11) is 1.72. The number of hydrogen-bond donors (Lipinski definition) is 1. The predicted molar refractivity (Wildman–Crippen MR) is 102 cm³/mol. The minimum Gasteiger partial charge on any atom is -0.334 e. The largest absolute Gasteiger partial charge is 0.334 e. The Bertz CT molecular complexity index is 821. The molecular weight excluding hydrogens is 404 g/mol. The van der Waals surface area contributed by atoms with Crippen molar-refractivity contribution in [2.45, 2.75) is 19.5 Å². The molecule has 6 nitrogen and oxygen atoms in total. The zero-order valence-electron chi connectivity index (χ0n) is 13.8. The van der Waals surface area contributed by atoms with Gasteiger partial charge in [0.05, 0.1) is 16.0 Å². The molecule has 2 amide bonds. The third-order valence-electron chi connectivity index (χ3n) is 3.70. The maximum absolute atomic E-state index is 12.7. The second-order valence-electron chi connectivity index (χ2n) is 5.64. The number of hydrogen-bond acceptors (Lipinski definition) is 5. The van der Waals surface area contributed by atoms with Gasteiger partial charge in [-0.3, -0.25) is 15.0 Å². The van der Waals surface area contributed by atoms with E-state index in [-0.39, 0.29) is 17.6 Å². The summed E-state index contributed by atoms with van der Waals surface area (Å²) >= 11 is 5.00. The van der Waals surface area contributed by atoms with E-state index in [0.717, 1.165) is 8.66 Å². The van der Waals surface area contributed by atoms with Crippen molar-refractivity contribution < 1.29 is 9.59 Å². The molecule has 1 aromatic heterocycles. The van der Waals surface area contributed by atoms with Crippen LogP contribution in [0.25, 0.3) is 0 Å². The summed E-state index contributed by atoms with van der Waals surface area (Å²) in [6, 6.07) is 12.4. The number of halogens is 1. The molecule has 130 valence electrons. The maximum Gasteiger partial charge on any atom is 0.290 e. The van der Waals surface area contributed by atoms with E-state index in [2.05, 4.69) is 26.3 Å². The first kappa shape index (κ1) is 17.6. The number of nitrogens with zero attached hydrogens (tertiary/aromatic N) is 3. The van der Waals surface area contributed by atoms with E-state index in [4.69, 9.17) is 0 Å². The lowest BCUT2D eigenvalue weighted by Gasteiger charge is -2.31. The highest BCUT2D eigenvalue weighted by atomic mass is 79.9. The third-order valence-corrected chi connectivity index (χ3v) is 5.31. The van der Waals surface area contributed by atoms with Crippen molar-refractivity contribution in [2.75, 3.05) is 12.1 Å². The van der Waals surface area contributed by atoms with Gasteiger partial charge in [0, 0.05) is 11.9 Å². The van der Waals surface area contributed by atoms with E-state index in [1.54, 1.807) is 42.3 Å². The average molecular weight is 421 g/mol. The van der Waals surface area contributed by atoms with Crippen LogP contribution in [0.15, 0.2) is 51.2 Å². The standard InChI is InChI=1S/C17H17BrN4O2S/c1-11-16(23)22(12-6-4-3-5-7-12)20-15(19-11)17(24)21(2)10-13-8-9-14(18)25-13/h3-9,11H,10H2,1-2H3,(H,19,20). The predicted octanol–water partition coefficient (Wildman–Crippen LogP) is 2.81. The number of anilines is 1. The molecule has 1 aromatic carbocycles. The van der Waals surface area contributed by atoms with Crippen LogP contribution < -0.4 is 10.4 Å². The number of aliphatic imine (C=N–C) groups is 1. The quantitative estimate of drug-likeness (QED) is 0.826. The van der Waals surface area contributed by atoms with E-state index in [0.29, 0.717) is 12.2 Å². The molecule has 0 saturated heterocycles. The van der Waals surface area contributed by atoms with Crippen LogP contribution in [0.4, 0.5) is 5.69 Å². The molecule has 0 saturated carbocycles. The number of hydrazine groups is 1. The zero-order chi connectivity index (χ0) is 18.0.